The maximum atomic E-state index is 9.10. The van der Waals surface area contributed by atoms with Gasteiger partial charge in [0.2, 0.25) is 0 Å². The van der Waals surface area contributed by atoms with Gasteiger partial charge in [-0.1, -0.05) is 23.7 Å². The predicted octanol–water partition coefficient (Wildman–Crippen LogP) is 3.34. The number of likely N-dealkylation sites (N-methyl/N-ethyl adjacent to an activating group) is 1. The Labute approximate surface area is 115 Å². The van der Waals surface area contributed by atoms with Crippen LogP contribution in [-0.2, 0) is 0 Å². The molecule has 0 spiro atoms. The molecule has 1 aliphatic rings. The van der Waals surface area contributed by atoms with Crippen LogP contribution in [0.15, 0.2) is 34.9 Å². The number of halogens is 1. The summed E-state index contributed by atoms with van der Waals surface area (Å²) in [7, 11) is 1.89. The Morgan fingerprint density at radius 1 is 1.53 bits per heavy atom. The zero-order valence-corrected chi connectivity index (χ0v) is 11.5. The summed E-state index contributed by atoms with van der Waals surface area (Å²) < 4.78 is 1.90. The second-order valence-electron chi connectivity index (χ2n) is 3.47. The molecule has 0 bridgehead atoms. The molecule has 1 atom stereocenters. The lowest BCUT2D eigenvalue weighted by molar-refractivity contribution is 0.604. The molecule has 1 aliphatic heterocycles. The number of hydrogen-bond acceptors (Lipinski definition) is 5. The molecular formula is C11H10ClN3S2. The van der Waals surface area contributed by atoms with Gasteiger partial charge in [0, 0.05) is 0 Å². The van der Waals surface area contributed by atoms with Crippen LogP contribution in [0.2, 0.25) is 5.02 Å². The molecule has 1 unspecified atom stereocenters. The van der Waals surface area contributed by atoms with Gasteiger partial charge in [0.15, 0.2) is 0 Å². The fraction of sp³-hybridized carbons (Fsp3) is 0.182. The molecule has 0 saturated carbocycles. The highest BCUT2D eigenvalue weighted by atomic mass is 35.5. The van der Waals surface area contributed by atoms with E-state index in [-0.39, 0.29) is 5.37 Å². The number of anilines is 1. The van der Waals surface area contributed by atoms with Crippen molar-refractivity contribution >= 4 is 41.9 Å². The number of nitrogens with zero attached hydrogens (tertiary/aromatic N) is 2. The average molecular weight is 284 g/mol. The minimum atomic E-state index is -0.185. The highest BCUT2D eigenvalue weighted by Crippen LogP contribution is 2.39. The van der Waals surface area contributed by atoms with Crippen molar-refractivity contribution in [3.05, 3.63) is 39.9 Å². The Hall–Kier alpha value is -0.800. The largest absolute Gasteiger partial charge is 0.347 e. The number of rotatable bonds is 2. The number of thiol groups is 1. The molecule has 0 radical (unpaired) electrons. The van der Waals surface area contributed by atoms with Crippen molar-refractivity contribution in [1.29, 1.82) is 5.26 Å². The van der Waals surface area contributed by atoms with Crippen molar-refractivity contribution < 1.29 is 0 Å². The third kappa shape index (κ3) is 2.55. The summed E-state index contributed by atoms with van der Waals surface area (Å²) in [6, 6.07) is 9.60. The summed E-state index contributed by atoms with van der Waals surface area (Å²) >= 11 is 11.9. The van der Waals surface area contributed by atoms with Gasteiger partial charge in [-0.15, -0.1) is 0 Å². The highest BCUT2D eigenvalue weighted by Gasteiger charge is 2.29. The van der Waals surface area contributed by atoms with E-state index < -0.39 is 0 Å². The predicted molar refractivity (Wildman–Crippen MR) is 75.8 cm³/mol. The lowest BCUT2D eigenvalue weighted by Crippen LogP contribution is -2.15. The Bertz CT molecular complexity index is 510. The maximum absolute atomic E-state index is 9.10. The number of hydrogen-bond donors (Lipinski definition) is 2. The molecule has 0 fully saturated rings. The molecular weight excluding hydrogens is 274 g/mol. The van der Waals surface area contributed by atoms with Crippen molar-refractivity contribution in [2.75, 3.05) is 12.4 Å². The van der Waals surface area contributed by atoms with Crippen molar-refractivity contribution in [1.82, 2.24) is 4.31 Å². The first kappa shape index (κ1) is 12.7. The van der Waals surface area contributed by atoms with E-state index in [1.54, 1.807) is 6.07 Å². The Kier molecular flexibility index (Phi) is 3.89. The summed E-state index contributed by atoms with van der Waals surface area (Å²) in [4.78, 5) is 0. The smallest absolute Gasteiger partial charge is 0.104 e. The van der Waals surface area contributed by atoms with Gasteiger partial charge in [-0.05, 0) is 31.1 Å². The number of nitriles is 1. The Morgan fingerprint density at radius 3 is 2.88 bits per heavy atom. The zero-order chi connectivity index (χ0) is 12.4. The van der Waals surface area contributed by atoms with Crippen LogP contribution in [0, 0.1) is 11.3 Å². The van der Waals surface area contributed by atoms with Crippen LogP contribution in [0.25, 0.3) is 0 Å². The molecule has 2 rings (SSSR count). The number of nitrogens with one attached hydrogen (secondary N) is 1. The van der Waals surface area contributed by atoms with E-state index in [4.69, 9.17) is 16.9 Å². The monoisotopic (exact) mass is 283 g/mol. The molecule has 1 aromatic carbocycles. The SMILES string of the molecule is CN1SC(Nc2ccccc2Cl)=C(C#N)C1S. The molecule has 6 heteroatoms. The topological polar surface area (TPSA) is 39.1 Å². The van der Waals surface area contributed by atoms with Crippen LogP contribution in [0.1, 0.15) is 0 Å². The van der Waals surface area contributed by atoms with Crippen molar-refractivity contribution in [3.8, 4) is 6.07 Å². The van der Waals surface area contributed by atoms with E-state index in [2.05, 4.69) is 24.0 Å². The minimum Gasteiger partial charge on any atom is -0.347 e. The van der Waals surface area contributed by atoms with Crippen LogP contribution in [-0.4, -0.2) is 16.7 Å². The molecule has 0 amide bonds. The average Bonchev–Trinajstić information content (AvgIpc) is 2.58. The summed E-state index contributed by atoms with van der Waals surface area (Å²) in [6.45, 7) is 0. The van der Waals surface area contributed by atoms with E-state index in [0.717, 1.165) is 10.7 Å². The zero-order valence-electron chi connectivity index (χ0n) is 9.01. The second kappa shape index (κ2) is 5.23. The molecule has 88 valence electrons. The van der Waals surface area contributed by atoms with Gasteiger partial charge >= 0.3 is 0 Å². The normalized spacial score (nSPS) is 20.5. The number of benzene rings is 1. The van der Waals surface area contributed by atoms with Crippen molar-refractivity contribution in [2.24, 2.45) is 0 Å². The van der Waals surface area contributed by atoms with Gasteiger partial charge in [0.25, 0.3) is 0 Å². The van der Waals surface area contributed by atoms with Gasteiger partial charge in [-0.3, -0.25) is 0 Å². The van der Waals surface area contributed by atoms with Crippen LogP contribution in [0.4, 0.5) is 5.69 Å². The number of para-hydroxylation sites is 1. The summed E-state index contributed by atoms with van der Waals surface area (Å²) in [5, 5.41) is 13.5. The maximum Gasteiger partial charge on any atom is 0.104 e. The fourth-order valence-electron chi connectivity index (χ4n) is 1.43. The van der Waals surface area contributed by atoms with E-state index in [0.29, 0.717) is 10.6 Å². The van der Waals surface area contributed by atoms with E-state index in [1.807, 2.05) is 29.6 Å². The van der Waals surface area contributed by atoms with Gasteiger partial charge < -0.3 is 5.32 Å². The molecule has 0 aliphatic carbocycles. The summed E-state index contributed by atoms with van der Waals surface area (Å²) in [6.07, 6.45) is 0. The van der Waals surface area contributed by atoms with Gasteiger partial charge in [-0.25, -0.2) is 4.31 Å². The third-order valence-corrected chi connectivity index (χ3v) is 4.42. The molecule has 3 nitrogen and oxygen atoms in total. The molecule has 1 heterocycles. The van der Waals surface area contributed by atoms with E-state index >= 15 is 0 Å². The Morgan fingerprint density at radius 2 is 2.24 bits per heavy atom. The fourth-order valence-corrected chi connectivity index (χ4v) is 2.93. The van der Waals surface area contributed by atoms with Gasteiger partial charge in [-0.2, -0.15) is 17.9 Å². The summed E-state index contributed by atoms with van der Waals surface area (Å²) in [5.74, 6) is 0. The lowest BCUT2D eigenvalue weighted by Gasteiger charge is -2.12. The first-order valence-electron chi connectivity index (χ1n) is 4.88. The van der Waals surface area contributed by atoms with Gasteiger partial charge in [0.1, 0.15) is 16.5 Å². The highest BCUT2D eigenvalue weighted by molar-refractivity contribution is 8.02. The van der Waals surface area contributed by atoms with Crippen LogP contribution in [0.3, 0.4) is 0 Å². The third-order valence-electron chi connectivity index (χ3n) is 2.33. The van der Waals surface area contributed by atoms with E-state index in [1.165, 1.54) is 11.9 Å². The molecule has 1 aromatic rings. The standard InChI is InChI=1S/C11H10ClN3S2/c1-15-11(16)7(6-13)10(17-15)14-9-5-3-2-4-8(9)12/h2-5,11,14,16H,1H3. The quantitative estimate of drug-likeness (QED) is 0.645. The first-order valence-corrected chi connectivity index (χ1v) is 6.55. The molecule has 0 saturated heterocycles. The second-order valence-corrected chi connectivity index (χ2v) is 5.53. The minimum absolute atomic E-state index is 0.185. The molecule has 1 N–H and O–H groups in total. The molecule has 0 aromatic heterocycles. The van der Waals surface area contributed by atoms with Crippen molar-refractivity contribution in [2.45, 2.75) is 5.37 Å². The van der Waals surface area contributed by atoms with Crippen LogP contribution < -0.4 is 5.32 Å². The molecule has 17 heavy (non-hydrogen) atoms. The van der Waals surface area contributed by atoms with Crippen molar-refractivity contribution in [3.63, 3.8) is 0 Å². The Balaban J connectivity index is 2.28. The first-order chi connectivity index (χ1) is 8.13. The van der Waals surface area contributed by atoms with Crippen LogP contribution in [0.5, 0.6) is 0 Å². The van der Waals surface area contributed by atoms with Gasteiger partial charge in [0.05, 0.1) is 16.3 Å². The van der Waals surface area contributed by atoms with E-state index in [9.17, 15) is 0 Å². The lowest BCUT2D eigenvalue weighted by atomic mass is 10.3. The van der Waals surface area contributed by atoms with Crippen LogP contribution >= 0.6 is 36.2 Å². The summed E-state index contributed by atoms with van der Waals surface area (Å²) in [5.41, 5.74) is 1.40.